The molecule has 1 saturated carbocycles. The van der Waals surface area contributed by atoms with E-state index in [1.807, 2.05) is 0 Å². The molecule has 0 atom stereocenters. The molecule has 2 rings (SSSR count). The number of ether oxygens (including phenoxy) is 1. The summed E-state index contributed by atoms with van der Waals surface area (Å²) in [7, 11) is -2.60. The van der Waals surface area contributed by atoms with E-state index in [0.717, 1.165) is 12.8 Å². The quantitative estimate of drug-likeness (QED) is 0.758. The molecule has 1 fully saturated rings. The number of hydrogen-bond acceptors (Lipinski definition) is 6. The van der Waals surface area contributed by atoms with Crippen molar-refractivity contribution in [2.75, 3.05) is 13.7 Å². The zero-order valence-electron chi connectivity index (χ0n) is 12.8. The fourth-order valence-corrected chi connectivity index (χ4v) is 4.54. The summed E-state index contributed by atoms with van der Waals surface area (Å²) in [4.78, 5) is 11.5. The average molecular weight is 330 g/mol. The molecule has 22 heavy (non-hydrogen) atoms. The van der Waals surface area contributed by atoms with Gasteiger partial charge in [-0.25, -0.2) is 17.9 Å². The van der Waals surface area contributed by atoms with Crippen LogP contribution >= 0.6 is 0 Å². The van der Waals surface area contributed by atoms with E-state index in [-0.39, 0.29) is 23.0 Å². The van der Waals surface area contributed by atoms with Crippen LogP contribution < -0.4 is 10.5 Å². The maximum Gasteiger partial charge on any atom is 0.373 e. The smallest absolute Gasteiger partial charge is 0.373 e. The van der Waals surface area contributed by atoms with Crippen LogP contribution in [0.4, 0.5) is 0 Å². The Morgan fingerprint density at radius 3 is 2.59 bits per heavy atom. The number of esters is 1. The van der Waals surface area contributed by atoms with E-state index in [1.54, 1.807) is 6.92 Å². The molecule has 0 amide bonds. The standard InChI is InChI=1S/C14H22N2O5S/c1-3-10-12(8-11(21-10)13(17)20-2)22(18,19)16-14(9-15)6-4-5-7-14/h8,16H,3-7,9,15H2,1-2H3. The maximum atomic E-state index is 12.7. The van der Waals surface area contributed by atoms with Crippen LogP contribution in [-0.2, 0) is 21.2 Å². The summed E-state index contributed by atoms with van der Waals surface area (Å²) in [5.74, 6) is -0.587. The Kier molecular flexibility index (Phi) is 4.93. The van der Waals surface area contributed by atoms with Crippen LogP contribution in [0.3, 0.4) is 0 Å². The molecule has 1 aromatic rings. The monoisotopic (exact) mass is 330 g/mol. The first-order valence-electron chi connectivity index (χ1n) is 7.32. The minimum atomic E-state index is -3.81. The van der Waals surface area contributed by atoms with Crippen molar-refractivity contribution in [3.63, 3.8) is 0 Å². The van der Waals surface area contributed by atoms with Crippen LogP contribution in [-0.4, -0.2) is 33.6 Å². The highest BCUT2D eigenvalue weighted by Crippen LogP contribution is 2.31. The lowest BCUT2D eigenvalue weighted by atomic mass is 10.0. The van der Waals surface area contributed by atoms with Gasteiger partial charge in [-0.15, -0.1) is 0 Å². The molecule has 0 unspecified atom stereocenters. The summed E-state index contributed by atoms with van der Waals surface area (Å²) >= 11 is 0. The Labute approximate surface area is 130 Å². The molecular formula is C14H22N2O5S. The number of rotatable bonds is 6. The largest absolute Gasteiger partial charge is 0.463 e. The Morgan fingerprint density at radius 1 is 1.45 bits per heavy atom. The molecule has 0 bridgehead atoms. The number of carbonyl (C=O) groups excluding carboxylic acids is 1. The fourth-order valence-electron chi connectivity index (χ4n) is 2.83. The van der Waals surface area contributed by atoms with E-state index in [1.165, 1.54) is 13.2 Å². The predicted octanol–water partition coefficient (Wildman–Crippen LogP) is 1.18. The molecule has 3 N–H and O–H groups in total. The van der Waals surface area contributed by atoms with Crippen molar-refractivity contribution in [1.82, 2.24) is 4.72 Å². The second-order valence-electron chi connectivity index (χ2n) is 5.54. The zero-order chi connectivity index (χ0) is 16.4. The van der Waals surface area contributed by atoms with E-state index < -0.39 is 21.5 Å². The molecule has 1 heterocycles. The lowest BCUT2D eigenvalue weighted by Crippen LogP contribution is -2.51. The Balaban J connectivity index is 2.36. The molecule has 0 radical (unpaired) electrons. The van der Waals surface area contributed by atoms with E-state index in [0.29, 0.717) is 19.3 Å². The summed E-state index contributed by atoms with van der Waals surface area (Å²) in [5, 5.41) is 0. The van der Waals surface area contributed by atoms with Gasteiger partial charge in [-0.05, 0) is 12.8 Å². The van der Waals surface area contributed by atoms with E-state index >= 15 is 0 Å². The van der Waals surface area contributed by atoms with Gasteiger partial charge in [0.1, 0.15) is 10.7 Å². The van der Waals surface area contributed by atoms with Gasteiger partial charge < -0.3 is 14.9 Å². The third-order valence-electron chi connectivity index (χ3n) is 4.07. The molecular weight excluding hydrogens is 308 g/mol. The highest BCUT2D eigenvalue weighted by atomic mass is 32.2. The lowest BCUT2D eigenvalue weighted by Gasteiger charge is -2.28. The van der Waals surface area contributed by atoms with Gasteiger partial charge in [0.05, 0.1) is 7.11 Å². The zero-order valence-corrected chi connectivity index (χ0v) is 13.7. The summed E-state index contributed by atoms with van der Waals surface area (Å²) in [6.45, 7) is 2.00. The fraction of sp³-hybridized carbons (Fsp3) is 0.643. The normalized spacial score (nSPS) is 17.6. The molecule has 7 nitrogen and oxygen atoms in total. The van der Waals surface area contributed by atoms with Crippen molar-refractivity contribution < 1.29 is 22.4 Å². The van der Waals surface area contributed by atoms with E-state index in [2.05, 4.69) is 9.46 Å². The molecule has 0 aliphatic heterocycles. The molecule has 1 aromatic heterocycles. The molecule has 1 aliphatic rings. The number of carbonyl (C=O) groups is 1. The van der Waals surface area contributed by atoms with Crippen LogP contribution in [0.1, 0.15) is 48.9 Å². The number of furan rings is 1. The molecule has 0 saturated heterocycles. The van der Waals surface area contributed by atoms with Crippen LogP contribution in [0.2, 0.25) is 0 Å². The van der Waals surface area contributed by atoms with E-state index in [4.69, 9.17) is 10.2 Å². The van der Waals surface area contributed by atoms with Crippen molar-refractivity contribution in [2.45, 2.75) is 49.5 Å². The second kappa shape index (κ2) is 6.39. The second-order valence-corrected chi connectivity index (χ2v) is 7.19. The Bertz CT molecular complexity index is 644. The van der Waals surface area contributed by atoms with Gasteiger partial charge in [-0.1, -0.05) is 19.8 Å². The van der Waals surface area contributed by atoms with Gasteiger partial charge in [0.15, 0.2) is 0 Å². The summed E-state index contributed by atoms with van der Waals surface area (Å²) in [6, 6.07) is 1.21. The topological polar surface area (TPSA) is 112 Å². The SMILES string of the molecule is CCc1oc(C(=O)OC)cc1S(=O)(=O)NC1(CN)CCCC1. The van der Waals surface area contributed by atoms with E-state index in [9.17, 15) is 13.2 Å². The van der Waals surface area contributed by atoms with Gasteiger partial charge in [0.2, 0.25) is 15.8 Å². The van der Waals surface area contributed by atoms with Crippen molar-refractivity contribution in [1.29, 1.82) is 0 Å². The number of aryl methyl sites for hydroxylation is 1. The van der Waals surface area contributed by atoms with Gasteiger partial charge in [-0.2, -0.15) is 0 Å². The molecule has 1 aliphatic carbocycles. The Morgan fingerprint density at radius 2 is 2.09 bits per heavy atom. The maximum absolute atomic E-state index is 12.7. The number of hydrogen-bond donors (Lipinski definition) is 2. The molecule has 8 heteroatoms. The predicted molar refractivity (Wildman–Crippen MR) is 80.0 cm³/mol. The van der Waals surface area contributed by atoms with Crippen LogP contribution in [0.15, 0.2) is 15.4 Å². The number of nitrogens with two attached hydrogens (primary N) is 1. The first kappa shape index (κ1) is 17.0. The minimum absolute atomic E-state index is 0.0184. The van der Waals surface area contributed by atoms with Crippen LogP contribution in [0.25, 0.3) is 0 Å². The summed E-state index contributed by atoms with van der Waals surface area (Å²) < 4.78 is 37.9. The van der Waals surface area contributed by atoms with Gasteiger partial charge in [-0.3, -0.25) is 0 Å². The average Bonchev–Trinajstić information content (AvgIpc) is 3.13. The number of nitrogens with one attached hydrogen (secondary N) is 1. The first-order chi connectivity index (χ1) is 10.4. The van der Waals surface area contributed by atoms with Crippen molar-refractivity contribution in [3.8, 4) is 0 Å². The Hall–Kier alpha value is -1.38. The van der Waals surface area contributed by atoms with Gasteiger partial charge >= 0.3 is 5.97 Å². The van der Waals surface area contributed by atoms with Gasteiger partial charge in [0.25, 0.3) is 0 Å². The minimum Gasteiger partial charge on any atom is -0.463 e. The number of methoxy groups -OCH3 is 1. The van der Waals surface area contributed by atoms with Crippen molar-refractivity contribution in [3.05, 3.63) is 17.6 Å². The molecule has 0 spiro atoms. The summed E-state index contributed by atoms with van der Waals surface area (Å²) in [6.07, 6.45) is 3.67. The highest BCUT2D eigenvalue weighted by molar-refractivity contribution is 7.89. The number of sulfonamides is 1. The van der Waals surface area contributed by atoms with Crippen LogP contribution in [0.5, 0.6) is 0 Å². The third-order valence-corrected chi connectivity index (χ3v) is 5.70. The summed E-state index contributed by atoms with van der Waals surface area (Å²) in [5.41, 5.74) is 5.17. The third kappa shape index (κ3) is 3.18. The molecule has 124 valence electrons. The lowest BCUT2D eigenvalue weighted by molar-refractivity contribution is 0.0563. The van der Waals surface area contributed by atoms with Gasteiger partial charge in [0, 0.05) is 24.6 Å². The van der Waals surface area contributed by atoms with Crippen molar-refractivity contribution >= 4 is 16.0 Å². The van der Waals surface area contributed by atoms with Crippen molar-refractivity contribution in [2.24, 2.45) is 5.73 Å². The van der Waals surface area contributed by atoms with Crippen LogP contribution in [0, 0.1) is 0 Å². The first-order valence-corrected chi connectivity index (χ1v) is 8.81. The molecule has 0 aromatic carbocycles. The highest BCUT2D eigenvalue weighted by Gasteiger charge is 2.38.